The first-order chi connectivity index (χ1) is 6.25. The standard InChI is InChI=1S/C9H8O3S/c10-8-4-6(5-9(11)12-8)7-2-1-3-13-7/h1-3,6H,4-5H2. The van der Waals surface area contributed by atoms with Gasteiger partial charge in [-0.2, -0.15) is 0 Å². The Morgan fingerprint density at radius 2 is 2.00 bits per heavy atom. The first-order valence-electron chi connectivity index (χ1n) is 4.02. The minimum atomic E-state index is -0.408. The predicted octanol–water partition coefficient (Wildman–Crippen LogP) is 1.70. The van der Waals surface area contributed by atoms with Gasteiger partial charge in [-0.1, -0.05) is 6.07 Å². The molecule has 1 fully saturated rings. The molecule has 0 bridgehead atoms. The molecule has 0 radical (unpaired) electrons. The molecule has 2 rings (SSSR count). The van der Waals surface area contributed by atoms with Crippen LogP contribution in [-0.4, -0.2) is 11.9 Å². The first-order valence-corrected chi connectivity index (χ1v) is 4.90. The van der Waals surface area contributed by atoms with Gasteiger partial charge in [0.2, 0.25) is 0 Å². The van der Waals surface area contributed by atoms with Crippen molar-refractivity contribution in [2.75, 3.05) is 0 Å². The van der Waals surface area contributed by atoms with Crippen LogP contribution in [0.15, 0.2) is 17.5 Å². The lowest BCUT2D eigenvalue weighted by atomic mass is 9.98. The number of carbonyl (C=O) groups excluding carboxylic acids is 2. The monoisotopic (exact) mass is 196 g/mol. The molecule has 0 atom stereocenters. The lowest BCUT2D eigenvalue weighted by Crippen LogP contribution is -2.23. The molecule has 0 amide bonds. The second-order valence-electron chi connectivity index (χ2n) is 2.97. The summed E-state index contributed by atoms with van der Waals surface area (Å²) >= 11 is 1.57. The van der Waals surface area contributed by atoms with E-state index in [9.17, 15) is 9.59 Å². The average molecular weight is 196 g/mol. The van der Waals surface area contributed by atoms with Crippen LogP contribution < -0.4 is 0 Å². The van der Waals surface area contributed by atoms with Gasteiger partial charge in [0.25, 0.3) is 0 Å². The van der Waals surface area contributed by atoms with Gasteiger partial charge >= 0.3 is 11.9 Å². The third-order valence-electron chi connectivity index (χ3n) is 2.00. The highest BCUT2D eigenvalue weighted by Gasteiger charge is 2.28. The Bertz CT molecular complexity index is 313. The van der Waals surface area contributed by atoms with E-state index in [-0.39, 0.29) is 5.92 Å². The number of cyclic esters (lactones) is 2. The molecular weight excluding hydrogens is 188 g/mol. The fraction of sp³-hybridized carbons (Fsp3) is 0.333. The fourth-order valence-electron chi connectivity index (χ4n) is 1.41. The summed E-state index contributed by atoms with van der Waals surface area (Å²) in [5, 5.41) is 1.94. The third-order valence-corrected chi connectivity index (χ3v) is 3.03. The molecule has 0 aromatic carbocycles. The summed E-state index contributed by atoms with van der Waals surface area (Å²) in [6.45, 7) is 0. The summed E-state index contributed by atoms with van der Waals surface area (Å²) in [4.78, 5) is 23.0. The van der Waals surface area contributed by atoms with Gasteiger partial charge in [-0.3, -0.25) is 9.59 Å². The number of hydrogen-bond donors (Lipinski definition) is 0. The van der Waals surface area contributed by atoms with E-state index < -0.39 is 11.9 Å². The van der Waals surface area contributed by atoms with E-state index in [0.717, 1.165) is 4.88 Å². The summed E-state index contributed by atoms with van der Waals surface area (Å²) in [5.74, 6) is -0.780. The van der Waals surface area contributed by atoms with Crippen molar-refractivity contribution in [3.05, 3.63) is 22.4 Å². The molecule has 3 nitrogen and oxygen atoms in total. The van der Waals surface area contributed by atoms with Crippen LogP contribution in [0.3, 0.4) is 0 Å². The van der Waals surface area contributed by atoms with Crippen LogP contribution in [-0.2, 0) is 14.3 Å². The van der Waals surface area contributed by atoms with Crippen molar-refractivity contribution in [2.45, 2.75) is 18.8 Å². The SMILES string of the molecule is O=C1CC(c2cccs2)CC(=O)O1. The number of esters is 2. The third kappa shape index (κ3) is 1.78. The zero-order chi connectivity index (χ0) is 9.26. The van der Waals surface area contributed by atoms with E-state index in [1.165, 1.54) is 0 Å². The maximum atomic E-state index is 10.9. The lowest BCUT2D eigenvalue weighted by Gasteiger charge is -2.17. The molecule has 13 heavy (non-hydrogen) atoms. The molecule has 0 spiro atoms. The Morgan fingerprint density at radius 3 is 2.54 bits per heavy atom. The zero-order valence-electron chi connectivity index (χ0n) is 6.86. The number of ether oxygens (including phenoxy) is 1. The second kappa shape index (κ2) is 3.30. The molecular formula is C9H8O3S. The normalized spacial score (nSPS) is 18.8. The Balaban J connectivity index is 2.16. The van der Waals surface area contributed by atoms with Gasteiger partial charge < -0.3 is 4.74 Å². The maximum Gasteiger partial charge on any atom is 0.314 e. The molecule has 0 saturated carbocycles. The maximum absolute atomic E-state index is 10.9. The van der Waals surface area contributed by atoms with E-state index in [1.807, 2.05) is 17.5 Å². The van der Waals surface area contributed by atoms with Crippen LogP contribution in [0.1, 0.15) is 23.6 Å². The number of carbonyl (C=O) groups is 2. The lowest BCUT2D eigenvalue weighted by molar-refractivity contribution is -0.163. The van der Waals surface area contributed by atoms with E-state index in [2.05, 4.69) is 4.74 Å². The Hall–Kier alpha value is -1.16. The highest BCUT2D eigenvalue weighted by molar-refractivity contribution is 7.10. The van der Waals surface area contributed by atoms with Gasteiger partial charge in [-0.25, -0.2) is 0 Å². The second-order valence-corrected chi connectivity index (χ2v) is 3.95. The molecule has 0 aliphatic carbocycles. The molecule has 1 aromatic rings. The Kier molecular flexibility index (Phi) is 2.14. The van der Waals surface area contributed by atoms with E-state index in [1.54, 1.807) is 11.3 Å². The van der Waals surface area contributed by atoms with Crippen molar-refractivity contribution in [3.8, 4) is 0 Å². The predicted molar refractivity (Wildman–Crippen MR) is 47.4 cm³/mol. The molecule has 1 saturated heterocycles. The molecule has 1 aromatic heterocycles. The molecule has 0 N–H and O–H groups in total. The minimum Gasteiger partial charge on any atom is -0.393 e. The summed E-state index contributed by atoms with van der Waals surface area (Å²) in [5.41, 5.74) is 0. The van der Waals surface area contributed by atoms with Gasteiger partial charge in [-0.05, 0) is 11.4 Å². The zero-order valence-corrected chi connectivity index (χ0v) is 7.67. The number of hydrogen-bond acceptors (Lipinski definition) is 4. The van der Waals surface area contributed by atoms with Gasteiger partial charge in [-0.15, -0.1) is 11.3 Å². The smallest absolute Gasteiger partial charge is 0.314 e. The van der Waals surface area contributed by atoms with Crippen molar-refractivity contribution in [1.82, 2.24) is 0 Å². The number of rotatable bonds is 1. The van der Waals surface area contributed by atoms with Crippen LogP contribution in [0.4, 0.5) is 0 Å². The van der Waals surface area contributed by atoms with Gasteiger partial charge in [0.15, 0.2) is 0 Å². The summed E-state index contributed by atoms with van der Waals surface area (Å²) < 4.78 is 4.44. The topological polar surface area (TPSA) is 43.4 Å². The highest BCUT2D eigenvalue weighted by atomic mass is 32.1. The number of thiophene rings is 1. The van der Waals surface area contributed by atoms with Crippen molar-refractivity contribution < 1.29 is 14.3 Å². The van der Waals surface area contributed by atoms with E-state index in [0.29, 0.717) is 12.8 Å². The van der Waals surface area contributed by atoms with Crippen LogP contribution in [0.5, 0.6) is 0 Å². The van der Waals surface area contributed by atoms with Crippen LogP contribution in [0.25, 0.3) is 0 Å². The molecule has 68 valence electrons. The van der Waals surface area contributed by atoms with Crippen LogP contribution in [0.2, 0.25) is 0 Å². The molecule has 1 aliphatic heterocycles. The molecule has 2 heterocycles. The molecule has 1 aliphatic rings. The fourth-order valence-corrected chi connectivity index (χ4v) is 2.24. The first kappa shape index (κ1) is 8.44. The average Bonchev–Trinajstić information content (AvgIpc) is 2.53. The van der Waals surface area contributed by atoms with Gasteiger partial charge in [0, 0.05) is 10.8 Å². The molecule has 4 heteroatoms. The Labute approximate surface area is 79.3 Å². The van der Waals surface area contributed by atoms with Crippen molar-refractivity contribution in [3.63, 3.8) is 0 Å². The van der Waals surface area contributed by atoms with E-state index >= 15 is 0 Å². The summed E-state index contributed by atoms with van der Waals surface area (Å²) in [6.07, 6.45) is 0.651. The highest BCUT2D eigenvalue weighted by Crippen LogP contribution is 2.30. The minimum absolute atomic E-state index is 0.0359. The van der Waals surface area contributed by atoms with Gasteiger partial charge in [0.1, 0.15) is 0 Å². The van der Waals surface area contributed by atoms with Crippen LogP contribution in [0, 0.1) is 0 Å². The van der Waals surface area contributed by atoms with Crippen LogP contribution >= 0.6 is 11.3 Å². The van der Waals surface area contributed by atoms with Crippen molar-refractivity contribution >= 4 is 23.3 Å². The quantitative estimate of drug-likeness (QED) is 0.507. The van der Waals surface area contributed by atoms with Gasteiger partial charge in [0.05, 0.1) is 12.8 Å². The molecule has 0 unspecified atom stereocenters. The summed E-state index contributed by atoms with van der Waals surface area (Å²) in [6, 6.07) is 3.87. The summed E-state index contributed by atoms with van der Waals surface area (Å²) in [7, 11) is 0. The van der Waals surface area contributed by atoms with E-state index in [4.69, 9.17) is 0 Å². The van der Waals surface area contributed by atoms with Crippen molar-refractivity contribution in [1.29, 1.82) is 0 Å². The Morgan fingerprint density at radius 1 is 1.31 bits per heavy atom. The largest absolute Gasteiger partial charge is 0.393 e. The van der Waals surface area contributed by atoms with Crippen molar-refractivity contribution in [2.24, 2.45) is 0 Å².